The van der Waals surface area contributed by atoms with Crippen LogP contribution in [0.1, 0.15) is 22.8 Å². The van der Waals surface area contributed by atoms with Gasteiger partial charge >= 0.3 is 10.1 Å². The van der Waals surface area contributed by atoms with Crippen LogP contribution in [0.15, 0.2) is 132 Å². The topological polar surface area (TPSA) is 147 Å². The number of hydrogen-bond donors (Lipinski definition) is 0. The second-order valence-corrected chi connectivity index (χ2v) is 16.5. The number of Topliss-reactive ketones (excluding diaryl/α,β-unsaturated/α-hetero) is 1. The van der Waals surface area contributed by atoms with Gasteiger partial charge < -0.3 is 14.0 Å². The lowest BCUT2D eigenvalue weighted by molar-refractivity contribution is -0.135. The van der Waals surface area contributed by atoms with Crippen LogP contribution < -0.4 is 9.08 Å². The Labute approximate surface area is 313 Å². The van der Waals surface area contributed by atoms with Crippen molar-refractivity contribution < 1.29 is 30.6 Å². The van der Waals surface area contributed by atoms with Crippen molar-refractivity contribution in [3.8, 4) is 5.75 Å². The molecule has 1 amide bonds. The van der Waals surface area contributed by atoms with Gasteiger partial charge in [0.15, 0.2) is 5.78 Å². The largest absolute Gasteiger partial charge is 0.379 e. The molecule has 14 heteroatoms. The summed E-state index contributed by atoms with van der Waals surface area (Å²) in [5.41, 5.74) is 2.14. The van der Waals surface area contributed by atoms with Crippen molar-refractivity contribution in [3.63, 3.8) is 0 Å². The lowest BCUT2D eigenvalue weighted by Crippen LogP contribution is -2.56. The van der Waals surface area contributed by atoms with Crippen molar-refractivity contribution in [2.75, 3.05) is 38.1 Å². The molecular formula is C40H37N5O7S2. The summed E-state index contributed by atoms with van der Waals surface area (Å²) in [6.07, 6.45) is 6.21. The summed E-state index contributed by atoms with van der Waals surface area (Å²) in [5, 5.41) is 2.26. The molecule has 1 fully saturated rings. The summed E-state index contributed by atoms with van der Waals surface area (Å²) >= 11 is 0. The fourth-order valence-corrected chi connectivity index (χ4v) is 9.38. The highest BCUT2D eigenvalue weighted by Crippen LogP contribution is 2.29. The van der Waals surface area contributed by atoms with E-state index in [1.165, 1.54) is 50.6 Å². The molecule has 12 nitrogen and oxygen atoms in total. The van der Waals surface area contributed by atoms with Gasteiger partial charge in [0.2, 0.25) is 15.9 Å². The van der Waals surface area contributed by atoms with Gasteiger partial charge in [-0.05, 0) is 79.6 Å². The number of sulfonamides is 1. The molecule has 0 spiro atoms. The number of carbonyl (C=O) groups is 2. The third kappa shape index (κ3) is 7.40. The molecule has 3 heterocycles. The minimum absolute atomic E-state index is 0.00126. The summed E-state index contributed by atoms with van der Waals surface area (Å²) in [4.78, 5) is 38.2. The van der Waals surface area contributed by atoms with Crippen molar-refractivity contribution >= 4 is 59.1 Å². The zero-order chi connectivity index (χ0) is 38.0. The number of ketones is 1. The summed E-state index contributed by atoms with van der Waals surface area (Å²) in [6.45, 7) is 3.25. The van der Waals surface area contributed by atoms with E-state index in [2.05, 4.69) is 14.9 Å². The zero-order valence-electron chi connectivity index (χ0n) is 29.6. The van der Waals surface area contributed by atoms with Crippen LogP contribution >= 0.6 is 0 Å². The van der Waals surface area contributed by atoms with E-state index in [4.69, 9.17) is 4.18 Å². The molecule has 54 heavy (non-hydrogen) atoms. The molecule has 4 aromatic carbocycles. The maximum Gasteiger partial charge on any atom is 0.339 e. The highest BCUT2D eigenvalue weighted by Gasteiger charge is 2.37. The van der Waals surface area contributed by atoms with Gasteiger partial charge in [-0.25, -0.2) is 8.42 Å². The summed E-state index contributed by atoms with van der Waals surface area (Å²) in [5.74, 6) is -0.318. The maximum absolute atomic E-state index is 14.4. The molecule has 0 unspecified atom stereocenters. The van der Waals surface area contributed by atoms with E-state index in [1.807, 2.05) is 12.1 Å². The van der Waals surface area contributed by atoms with E-state index in [0.29, 0.717) is 58.9 Å². The lowest BCUT2D eigenvalue weighted by atomic mass is 10.0. The molecule has 1 saturated heterocycles. The number of pyridine rings is 2. The van der Waals surface area contributed by atoms with Gasteiger partial charge in [0.25, 0.3) is 0 Å². The molecule has 2 aromatic heterocycles. The molecule has 6 aromatic rings. The predicted octanol–water partition coefficient (Wildman–Crippen LogP) is 5.33. The average Bonchev–Trinajstić information content (AvgIpc) is 3.19. The van der Waals surface area contributed by atoms with Crippen molar-refractivity contribution in [3.05, 3.63) is 133 Å². The number of nitrogens with zero attached hydrogens (tertiary/aromatic N) is 5. The molecule has 276 valence electrons. The van der Waals surface area contributed by atoms with Crippen LogP contribution in [0, 0.1) is 0 Å². The van der Waals surface area contributed by atoms with Crippen LogP contribution in [-0.2, 0) is 31.4 Å². The molecule has 1 aliphatic heterocycles. The van der Waals surface area contributed by atoms with Crippen molar-refractivity contribution in [2.24, 2.45) is 0 Å². The van der Waals surface area contributed by atoms with Gasteiger partial charge in [0.1, 0.15) is 16.7 Å². The number of aromatic nitrogens is 2. The summed E-state index contributed by atoms with van der Waals surface area (Å²) in [7, 11) is -7.01. The second-order valence-electron chi connectivity index (χ2n) is 13.0. The molecule has 7 rings (SSSR count). The molecular weight excluding hydrogens is 727 g/mol. The first-order valence-electron chi connectivity index (χ1n) is 17.2. The van der Waals surface area contributed by atoms with Crippen LogP contribution in [0.5, 0.6) is 5.75 Å². The van der Waals surface area contributed by atoms with Gasteiger partial charge in [-0.2, -0.15) is 12.7 Å². The quantitative estimate of drug-likeness (QED) is 0.125. The number of rotatable bonds is 11. The maximum atomic E-state index is 14.4. The van der Waals surface area contributed by atoms with Gasteiger partial charge in [-0.1, -0.05) is 36.4 Å². The normalized spacial score (nSPS) is 14.4. The Kier molecular flexibility index (Phi) is 10.2. The van der Waals surface area contributed by atoms with E-state index in [9.17, 15) is 26.4 Å². The Morgan fingerprint density at radius 1 is 0.741 bits per heavy atom. The first-order valence-corrected chi connectivity index (χ1v) is 20.1. The lowest BCUT2D eigenvalue weighted by Gasteiger charge is -2.39. The first kappa shape index (κ1) is 36.6. The number of benzene rings is 4. The van der Waals surface area contributed by atoms with Crippen LogP contribution in [0.4, 0.5) is 5.69 Å². The Morgan fingerprint density at radius 2 is 1.31 bits per heavy atom. The number of piperazine rings is 1. The molecule has 0 bridgehead atoms. The first-order chi connectivity index (χ1) is 25.9. The Hall–Kier alpha value is -5.70. The number of fused-ring (bicyclic) bond motifs is 2. The monoisotopic (exact) mass is 763 g/mol. The fraction of sp³-hybridized carbons (Fsp3) is 0.200. The van der Waals surface area contributed by atoms with Crippen LogP contribution in [-0.4, -0.2) is 87.0 Å². The molecule has 0 radical (unpaired) electrons. The van der Waals surface area contributed by atoms with E-state index in [0.717, 1.165) is 9.99 Å². The fourth-order valence-electron chi connectivity index (χ4n) is 6.70. The van der Waals surface area contributed by atoms with Crippen molar-refractivity contribution in [1.82, 2.24) is 19.2 Å². The highest BCUT2D eigenvalue weighted by atomic mass is 32.2. The molecule has 1 aliphatic rings. The Balaban J connectivity index is 1.14. The minimum atomic E-state index is -4.22. The van der Waals surface area contributed by atoms with Gasteiger partial charge in [0.05, 0.1) is 4.90 Å². The van der Waals surface area contributed by atoms with E-state index >= 15 is 0 Å². The van der Waals surface area contributed by atoms with Crippen LogP contribution in [0.2, 0.25) is 0 Å². The van der Waals surface area contributed by atoms with Crippen LogP contribution in [0.25, 0.3) is 21.5 Å². The number of hydrogen-bond acceptors (Lipinski definition) is 10. The smallest absolute Gasteiger partial charge is 0.339 e. The zero-order valence-corrected chi connectivity index (χ0v) is 31.2. The molecule has 0 aliphatic carbocycles. The van der Waals surface area contributed by atoms with Crippen LogP contribution in [0.3, 0.4) is 0 Å². The number of likely N-dealkylation sites (N-methyl/N-ethyl adjacent to an activating group) is 1. The molecule has 1 atom stereocenters. The highest BCUT2D eigenvalue weighted by molar-refractivity contribution is 7.89. The van der Waals surface area contributed by atoms with Gasteiger partial charge in [-0.3, -0.25) is 19.6 Å². The third-order valence-corrected chi connectivity index (χ3v) is 13.0. The Bertz CT molecular complexity index is 2560. The van der Waals surface area contributed by atoms with Gasteiger partial charge in [-0.15, -0.1) is 0 Å². The van der Waals surface area contributed by atoms with E-state index in [1.54, 1.807) is 78.0 Å². The Morgan fingerprint density at radius 3 is 1.91 bits per heavy atom. The second kappa shape index (κ2) is 15.0. The summed E-state index contributed by atoms with van der Waals surface area (Å²) in [6, 6.07) is 25.5. The van der Waals surface area contributed by atoms with Crippen molar-refractivity contribution in [1.29, 1.82) is 0 Å². The number of anilines is 1. The van der Waals surface area contributed by atoms with E-state index < -0.39 is 26.2 Å². The molecule has 0 saturated carbocycles. The number of amides is 1. The SMILES string of the molecule is CC(=O)c1ccc(N2CCN(C(=O)[C@H](Cc3ccc(OS(=O)(=O)c4cccc5cnccc45)cc3)N(C)S(=O)(=O)c3cccc4cnccc34)CC2)cc1. The third-order valence-electron chi connectivity index (χ3n) is 9.72. The molecule has 0 N–H and O–H groups in total. The van der Waals surface area contributed by atoms with Gasteiger partial charge in [0, 0.05) is 90.8 Å². The van der Waals surface area contributed by atoms with E-state index in [-0.39, 0.29) is 33.7 Å². The summed E-state index contributed by atoms with van der Waals surface area (Å²) < 4.78 is 62.0. The number of carbonyl (C=O) groups excluding carboxylic acids is 2. The predicted molar refractivity (Wildman–Crippen MR) is 205 cm³/mol. The standard InChI is InChI=1S/C40H37N5O7S2/c1-28(46)30-11-13-33(14-12-30)44-21-23-45(24-22-44)40(47)37(43(2)53(48,49)38-7-3-5-31-26-41-19-17-35(31)38)25-29-9-15-34(16-10-29)52-54(50,51)39-8-4-6-32-27-42-20-18-36(32)39/h3-20,26-27,37H,21-25H2,1-2H3/t37-/m0/s1. The minimum Gasteiger partial charge on any atom is -0.379 e. The average molecular weight is 764 g/mol. The van der Waals surface area contributed by atoms with Crippen molar-refractivity contribution in [2.45, 2.75) is 29.2 Å².